The predicted molar refractivity (Wildman–Crippen MR) is 144 cm³/mol. The average Bonchev–Trinajstić information content (AvgIpc) is 2.90. The van der Waals surface area contributed by atoms with E-state index >= 15 is 4.39 Å². The fourth-order valence-electron chi connectivity index (χ4n) is 5.01. The summed E-state index contributed by atoms with van der Waals surface area (Å²) in [6.07, 6.45) is 0.399. The third-order valence-corrected chi connectivity index (χ3v) is 6.75. The number of ether oxygens (including phenoxy) is 2. The van der Waals surface area contributed by atoms with E-state index in [2.05, 4.69) is 42.6 Å². The molecule has 0 bridgehead atoms. The van der Waals surface area contributed by atoms with E-state index in [1.807, 2.05) is 36.4 Å². The van der Waals surface area contributed by atoms with Gasteiger partial charge in [-0.1, -0.05) is 72.8 Å². The Bertz CT molecular complexity index is 1390. The highest BCUT2D eigenvalue weighted by atomic mass is 35.5. The fraction of sp³-hybridized carbons (Fsp3) is 0.233. The summed E-state index contributed by atoms with van der Waals surface area (Å²) in [6.45, 7) is 2.13. The molecule has 0 radical (unpaired) electrons. The fourth-order valence-corrected chi connectivity index (χ4v) is 5.01. The number of halogens is 2. The van der Waals surface area contributed by atoms with E-state index in [-0.39, 0.29) is 36.2 Å². The number of carboxylic acids is 1. The van der Waals surface area contributed by atoms with Crippen LogP contribution in [-0.2, 0) is 4.79 Å². The molecule has 3 atom stereocenters. The molecule has 0 saturated heterocycles. The maximum Gasteiger partial charge on any atom is 0.341 e. The Morgan fingerprint density at radius 1 is 1.03 bits per heavy atom. The standard InChI is InChI=1S/C30H28FNO4.ClH/c1-19(22-12-6-9-20-8-2-3-10-23(20)22)32-17-21-16-26(24-11-4-5-14-27(24)36-21)25-13-7-15-28(30(25)31)35-18-29(33)34;/h2-15,19,21,26,32H,16-18H2,1H3,(H,33,34);1H/t19-,21-,26-;/m1./s1. The first kappa shape index (κ1) is 26.5. The van der Waals surface area contributed by atoms with Crippen LogP contribution in [0.15, 0.2) is 84.9 Å². The van der Waals surface area contributed by atoms with Gasteiger partial charge in [0.1, 0.15) is 11.9 Å². The van der Waals surface area contributed by atoms with Crippen LogP contribution in [0.3, 0.4) is 0 Å². The van der Waals surface area contributed by atoms with E-state index < -0.39 is 18.4 Å². The molecule has 2 N–H and O–H groups in total. The quantitative estimate of drug-likeness (QED) is 0.277. The molecule has 0 aliphatic carbocycles. The monoisotopic (exact) mass is 521 g/mol. The van der Waals surface area contributed by atoms with Gasteiger partial charge in [0.05, 0.1) is 0 Å². The van der Waals surface area contributed by atoms with Crippen LogP contribution in [0.5, 0.6) is 11.5 Å². The molecule has 0 amide bonds. The summed E-state index contributed by atoms with van der Waals surface area (Å²) < 4.78 is 26.9. The number of hydrogen-bond donors (Lipinski definition) is 2. The van der Waals surface area contributed by atoms with Crippen molar-refractivity contribution in [2.24, 2.45) is 0 Å². The van der Waals surface area contributed by atoms with E-state index in [4.69, 9.17) is 14.6 Å². The molecule has 0 spiro atoms. The summed E-state index contributed by atoms with van der Waals surface area (Å²) in [5, 5.41) is 15.0. The molecule has 37 heavy (non-hydrogen) atoms. The Kier molecular flexibility index (Phi) is 8.31. The first-order chi connectivity index (χ1) is 17.5. The molecule has 5 rings (SSSR count). The van der Waals surface area contributed by atoms with Crippen LogP contribution in [0, 0.1) is 5.82 Å². The van der Waals surface area contributed by atoms with Gasteiger partial charge >= 0.3 is 5.97 Å². The first-order valence-corrected chi connectivity index (χ1v) is 12.1. The van der Waals surface area contributed by atoms with Crippen molar-refractivity contribution in [1.29, 1.82) is 0 Å². The van der Waals surface area contributed by atoms with Gasteiger partial charge < -0.3 is 19.9 Å². The number of benzene rings is 4. The van der Waals surface area contributed by atoms with Crippen LogP contribution >= 0.6 is 12.4 Å². The lowest BCUT2D eigenvalue weighted by atomic mass is 9.83. The van der Waals surface area contributed by atoms with E-state index in [9.17, 15) is 4.79 Å². The van der Waals surface area contributed by atoms with E-state index in [1.54, 1.807) is 12.1 Å². The third-order valence-electron chi connectivity index (χ3n) is 6.75. The topological polar surface area (TPSA) is 67.8 Å². The third kappa shape index (κ3) is 5.71. The molecule has 0 fully saturated rings. The number of rotatable bonds is 8. The van der Waals surface area contributed by atoms with Crippen LogP contribution in [0.1, 0.15) is 42.0 Å². The number of carbonyl (C=O) groups is 1. The largest absolute Gasteiger partial charge is 0.489 e. The van der Waals surface area contributed by atoms with Crippen LogP contribution in [-0.4, -0.2) is 30.3 Å². The smallest absolute Gasteiger partial charge is 0.341 e. The number of aliphatic carboxylic acids is 1. The Labute approximate surface area is 221 Å². The summed E-state index contributed by atoms with van der Waals surface area (Å²) in [6, 6.07) is 27.3. The molecule has 1 heterocycles. The average molecular weight is 522 g/mol. The summed E-state index contributed by atoms with van der Waals surface area (Å²) in [4.78, 5) is 10.9. The van der Waals surface area contributed by atoms with Gasteiger partial charge in [0.2, 0.25) is 0 Å². The van der Waals surface area contributed by atoms with Crippen molar-refractivity contribution in [3.63, 3.8) is 0 Å². The van der Waals surface area contributed by atoms with Crippen LogP contribution in [0.2, 0.25) is 0 Å². The van der Waals surface area contributed by atoms with Gasteiger partial charge in [-0.3, -0.25) is 0 Å². The maximum atomic E-state index is 15.4. The highest BCUT2D eigenvalue weighted by Gasteiger charge is 2.32. The van der Waals surface area contributed by atoms with Crippen LogP contribution in [0.4, 0.5) is 4.39 Å². The Hall–Kier alpha value is -3.61. The second-order valence-corrected chi connectivity index (χ2v) is 9.11. The molecular weight excluding hydrogens is 493 g/mol. The summed E-state index contributed by atoms with van der Waals surface area (Å²) in [5.74, 6) is -1.25. The Balaban J connectivity index is 0.00000320. The Morgan fingerprint density at radius 3 is 2.57 bits per heavy atom. The number of carboxylic acid groups (broad SMARTS) is 1. The minimum Gasteiger partial charge on any atom is -0.489 e. The highest BCUT2D eigenvalue weighted by Crippen LogP contribution is 2.42. The molecule has 5 nitrogen and oxygen atoms in total. The van der Waals surface area contributed by atoms with Crippen molar-refractivity contribution in [1.82, 2.24) is 5.32 Å². The van der Waals surface area contributed by atoms with Gasteiger partial charge in [-0.2, -0.15) is 0 Å². The van der Waals surface area contributed by atoms with Gasteiger partial charge in [-0.05, 0) is 47.4 Å². The SMILES string of the molecule is C[C@@H](NC[C@H]1C[C@@H](c2cccc(OCC(=O)O)c2F)c2ccccc2O1)c1cccc2ccccc12.Cl. The normalized spacial score (nSPS) is 17.2. The zero-order valence-corrected chi connectivity index (χ0v) is 21.2. The lowest BCUT2D eigenvalue weighted by molar-refractivity contribution is -0.139. The molecule has 0 saturated carbocycles. The summed E-state index contributed by atoms with van der Waals surface area (Å²) in [7, 11) is 0. The second-order valence-electron chi connectivity index (χ2n) is 9.11. The number of para-hydroxylation sites is 1. The van der Waals surface area contributed by atoms with Crippen molar-refractivity contribution in [2.75, 3.05) is 13.2 Å². The van der Waals surface area contributed by atoms with Crippen molar-refractivity contribution in [3.05, 3.63) is 107 Å². The summed E-state index contributed by atoms with van der Waals surface area (Å²) in [5.41, 5.74) is 2.60. The minimum atomic E-state index is -1.15. The van der Waals surface area contributed by atoms with Crippen molar-refractivity contribution < 1.29 is 23.8 Å². The van der Waals surface area contributed by atoms with Gasteiger partial charge in [0.25, 0.3) is 0 Å². The molecule has 1 aliphatic rings. The van der Waals surface area contributed by atoms with Crippen molar-refractivity contribution >= 4 is 29.1 Å². The number of hydrogen-bond acceptors (Lipinski definition) is 4. The van der Waals surface area contributed by atoms with E-state index in [0.29, 0.717) is 18.5 Å². The molecule has 0 aromatic heterocycles. The van der Waals surface area contributed by atoms with E-state index in [1.165, 1.54) is 22.4 Å². The molecule has 4 aromatic rings. The lowest BCUT2D eigenvalue weighted by Gasteiger charge is -2.33. The van der Waals surface area contributed by atoms with Crippen molar-refractivity contribution in [3.8, 4) is 11.5 Å². The summed E-state index contributed by atoms with van der Waals surface area (Å²) >= 11 is 0. The first-order valence-electron chi connectivity index (χ1n) is 12.1. The molecular formula is C30H29ClFNO4. The lowest BCUT2D eigenvalue weighted by Crippen LogP contribution is -2.37. The predicted octanol–water partition coefficient (Wildman–Crippen LogP) is 6.50. The number of nitrogens with one attached hydrogen (secondary N) is 1. The van der Waals surface area contributed by atoms with E-state index in [0.717, 1.165) is 11.3 Å². The van der Waals surface area contributed by atoms with Crippen LogP contribution < -0.4 is 14.8 Å². The molecule has 4 aromatic carbocycles. The Morgan fingerprint density at radius 2 is 1.73 bits per heavy atom. The molecule has 7 heteroatoms. The minimum absolute atomic E-state index is 0. The maximum absolute atomic E-state index is 15.4. The highest BCUT2D eigenvalue weighted by molar-refractivity contribution is 5.86. The van der Waals surface area contributed by atoms with Gasteiger partial charge in [-0.15, -0.1) is 12.4 Å². The van der Waals surface area contributed by atoms with Crippen LogP contribution in [0.25, 0.3) is 10.8 Å². The van der Waals surface area contributed by atoms with Crippen molar-refractivity contribution in [2.45, 2.75) is 31.4 Å². The van der Waals surface area contributed by atoms with Gasteiger partial charge in [0, 0.05) is 24.1 Å². The molecule has 1 aliphatic heterocycles. The second kappa shape index (κ2) is 11.6. The van der Waals surface area contributed by atoms with Gasteiger partial charge in [-0.25, -0.2) is 9.18 Å². The molecule has 192 valence electrons. The van der Waals surface area contributed by atoms with Gasteiger partial charge in [0.15, 0.2) is 18.2 Å². The zero-order valence-electron chi connectivity index (χ0n) is 20.4. The number of fused-ring (bicyclic) bond motifs is 2. The molecule has 0 unspecified atom stereocenters. The zero-order chi connectivity index (χ0) is 25.1.